The first-order chi connectivity index (χ1) is 13.3. The molecular weight excluding hydrogens is 396 g/mol. The number of piperidine rings is 1. The number of anilines is 1. The number of aromatic nitrogens is 1. The fourth-order valence-corrected chi connectivity index (χ4v) is 4.71. The molecule has 1 saturated heterocycles. The van der Waals surface area contributed by atoms with Gasteiger partial charge in [-0.1, -0.05) is 6.92 Å². The van der Waals surface area contributed by atoms with Crippen LogP contribution in [0.5, 0.6) is 0 Å². The SMILES string of the molecule is CCCc1nc(CN2CCC(C(=O)Nc3ccc(S(N)(=O)=O)cc3)CC2)cs1. The number of nitrogens with zero attached hydrogens (tertiary/aromatic N) is 2. The number of nitrogens with one attached hydrogen (secondary N) is 1. The first kappa shape index (κ1) is 20.9. The summed E-state index contributed by atoms with van der Waals surface area (Å²) in [5.74, 6) is -0.0675. The molecule has 28 heavy (non-hydrogen) atoms. The normalized spacial score (nSPS) is 16.2. The summed E-state index contributed by atoms with van der Waals surface area (Å²) in [5.41, 5.74) is 1.69. The van der Waals surface area contributed by atoms with E-state index in [1.165, 1.54) is 17.1 Å². The monoisotopic (exact) mass is 422 g/mol. The molecule has 0 atom stereocenters. The number of hydrogen-bond acceptors (Lipinski definition) is 6. The van der Waals surface area contributed by atoms with Crippen LogP contribution in [0.1, 0.15) is 36.9 Å². The Morgan fingerprint density at radius 3 is 2.57 bits per heavy atom. The summed E-state index contributed by atoms with van der Waals surface area (Å²) in [7, 11) is -3.73. The van der Waals surface area contributed by atoms with E-state index < -0.39 is 10.0 Å². The van der Waals surface area contributed by atoms with Gasteiger partial charge in [-0.25, -0.2) is 18.5 Å². The van der Waals surface area contributed by atoms with E-state index in [0.717, 1.165) is 51.0 Å². The number of primary sulfonamides is 1. The molecule has 1 fully saturated rings. The number of hydrogen-bond donors (Lipinski definition) is 2. The van der Waals surface area contributed by atoms with E-state index in [4.69, 9.17) is 5.14 Å². The van der Waals surface area contributed by atoms with Crippen LogP contribution in [0.3, 0.4) is 0 Å². The van der Waals surface area contributed by atoms with Crippen molar-refractivity contribution in [3.63, 3.8) is 0 Å². The first-order valence-electron chi connectivity index (χ1n) is 9.44. The topological polar surface area (TPSA) is 105 Å². The molecule has 1 aliphatic rings. The number of rotatable bonds is 7. The third kappa shape index (κ3) is 5.60. The van der Waals surface area contributed by atoms with Crippen molar-refractivity contribution in [2.75, 3.05) is 18.4 Å². The largest absolute Gasteiger partial charge is 0.326 e. The van der Waals surface area contributed by atoms with Crippen molar-refractivity contribution < 1.29 is 13.2 Å². The zero-order chi connectivity index (χ0) is 20.1. The van der Waals surface area contributed by atoms with E-state index in [0.29, 0.717) is 5.69 Å². The molecule has 0 radical (unpaired) electrons. The van der Waals surface area contributed by atoms with Gasteiger partial charge >= 0.3 is 0 Å². The van der Waals surface area contributed by atoms with Gasteiger partial charge in [-0.3, -0.25) is 9.69 Å². The third-order valence-corrected chi connectivity index (χ3v) is 6.74. The smallest absolute Gasteiger partial charge is 0.238 e. The lowest BCUT2D eigenvalue weighted by Crippen LogP contribution is -2.37. The lowest BCUT2D eigenvalue weighted by molar-refractivity contribution is -0.121. The Kier molecular flexibility index (Phi) is 6.82. The minimum Gasteiger partial charge on any atom is -0.326 e. The Hall–Kier alpha value is -1.81. The zero-order valence-electron chi connectivity index (χ0n) is 15.9. The molecule has 0 bridgehead atoms. The summed E-state index contributed by atoms with van der Waals surface area (Å²) < 4.78 is 22.6. The molecule has 3 rings (SSSR count). The third-order valence-electron chi connectivity index (χ3n) is 4.86. The number of sulfonamides is 1. The summed E-state index contributed by atoms with van der Waals surface area (Å²) in [6.45, 7) is 4.72. The average Bonchev–Trinajstić information content (AvgIpc) is 3.09. The molecule has 0 saturated carbocycles. The number of nitrogens with two attached hydrogens (primary N) is 1. The summed E-state index contributed by atoms with van der Waals surface area (Å²) in [4.78, 5) is 19.6. The van der Waals surface area contributed by atoms with E-state index in [2.05, 4.69) is 27.5 Å². The fraction of sp³-hybridized carbons (Fsp3) is 0.474. The minimum absolute atomic E-state index is 0.0260. The molecule has 152 valence electrons. The minimum atomic E-state index is -3.73. The number of amides is 1. The maximum absolute atomic E-state index is 12.5. The van der Waals surface area contributed by atoms with Gasteiger partial charge in [0, 0.05) is 23.5 Å². The van der Waals surface area contributed by atoms with Crippen molar-refractivity contribution in [1.82, 2.24) is 9.88 Å². The van der Waals surface area contributed by atoms with Gasteiger partial charge in [0.2, 0.25) is 15.9 Å². The Labute approximate surface area is 170 Å². The molecule has 9 heteroatoms. The van der Waals surface area contributed by atoms with Gasteiger partial charge in [0.1, 0.15) is 0 Å². The van der Waals surface area contributed by atoms with Crippen LogP contribution in [0.4, 0.5) is 5.69 Å². The Bertz CT molecular complexity index is 902. The van der Waals surface area contributed by atoms with Gasteiger partial charge in [-0.2, -0.15) is 0 Å². The predicted molar refractivity (Wildman–Crippen MR) is 111 cm³/mol. The van der Waals surface area contributed by atoms with E-state index in [-0.39, 0.29) is 16.7 Å². The average molecular weight is 423 g/mol. The molecule has 1 amide bonds. The molecule has 0 spiro atoms. The van der Waals surface area contributed by atoms with Gasteiger partial charge in [0.15, 0.2) is 0 Å². The number of carbonyl (C=O) groups is 1. The summed E-state index contributed by atoms with van der Waals surface area (Å²) in [6.07, 6.45) is 3.74. The van der Waals surface area contributed by atoms with Crippen molar-refractivity contribution in [3.05, 3.63) is 40.3 Å². The maximum atomic E-state index is 12.5. The molecular formula is C19H26N4O3S2. The highest BCUT2D eigenvalue weighted by atomic mass is 32.2. The zero-order valence-corrected chi connectivity index (χ0v) is 17.6. The molecule has 0 unspecified atom stereocenters. The highest BCUT2D eigenvalue weighted by molar-refractivity contribution is 7.89. The van der Waals surface area contributed by atoms with Crippen molar-refractivity contribution >= 4 is 33.0 Å². The number of thiazole rings is 1. The van der Waals surface area contributed by atoms with E-state index in [1.807, 2.05) is 0 Å². The van der Waals surface area contributed by atoms with Crippen LogP contribution in [0.25, 0.3) is 0 Å². The number of likely N-dealkylation sites (tertiary alicyclic amines) is 1. The van der Waals surface area contributed by atoms with Crippen molar-refractivity contribution in [2.45, 2.75) is 44.0 Å². The van der Waals surface area contributed by atoms with Crippen LogP contribution >= 0.6 is 11.3 Å². The highest BCUT2D eigenvalue weighted by Gasteiger charge is 2.25. The van der Waals surface area contributed by atoms with Crippen molar-refractivity contribution in [2.24, 2.45) is 11.1 Å². The quantitative estimate of drug-likeness (QED) is 0.713. The first-order valence-corrected chi connectivity index (χ1v) is 11.9. The van der Waals surface area contributed by atoms with Crippen LogP contribution < -0.4 is 10.5 Å². The second-order valence-corrected chi connectivity index (χ2v) is 9.60. The fourth-order valence-electron chi connectivity index (χ4n) is 3.30. The van der Waals surface area contributed by atoms with Gasteiger partial charge in [-0.15, -0.1) is 11.3 Å². The van der Waals surface area contributed by atoms with E-state index in [1.54, 1.807) is 23.5 Å². The maximum Gasteiger partial charge on any atom is 0.238 e. The lowest BCUT2D eigenvalue weighted by atomic mass is 9.95. The van der Waals surface area contributed by atoms with Crippen LogP contribution in [0, 0.1) is 5.92 Å². The van der Waals surface area contributed by atoms with Gasteiger partial charge in [-0.05, 0) is 63.0 Å². The Morgan fingerprint density at radius 1 is 1.29 bits per heavy atom. The van der Waals surface area contributed by atoms with Crippen LogP contribution in [0.2, 0.25) is 0 Å². The summed E-state index contributed by atoms with van der Waals surface area (Å²) >= 11 is 1.72. The lowest BCUT2D eigenvalue weighted by Gasteiger charge is -2.30. The Balaban J connectivity index is 1.48. The van der Waals surface area contributed by atoms with E-state index >= 15 is 0 Å². The highest BCUT2D eigenvalue weighted by Crippen LogP contribution is 2.22. The van der Waals surface area contributed by atoms with Crippen molar-refractivity contribution in [3.8, 4) is 0 Å². The molecule has 0 aliphatic carbocycles. The van der Waals surface area contributed by atoms with Crippen LogP contribution in [-0.4, -0.2) is 37.3 Å². The van der Waals surface area contributed by atoms with Gasteiger partial charge in [0.05, 0.1) is 15.6 Å². The number of carbonyl (C=O) groups excluding carboxylic acids is 1. The van der Waals surface area contributed by atoms with Gasteiger partial charge < -0.3 is 5.32 Å². The van der Waals surface area contributed by atoms with E-state index in [9.17, 15) is 13.2 Å². The molecule has 3 N–H and O–H groups in total. The van der Waals surface area contributed by atoms with Crippen LogP contribution in [-0.2, 0) is 27.8 Å². The molecule has 1 aliphatic heterocycles. The summed E-state index contributed by atoms with van der Waals surface area (Å²) in [6, 6.07) is 5.91. The molecule has 7 nitrogen and oxygen atoms in total. The van der Waals surface area contributed by atoms with Gasteiger partial charge in [0.25, 0.3) is 0 Å². The summed E-state index contributed by atoms with van der Waals surface area (Å²) in [5, 5.41) is 11.3. The number of aryl methyl sites for hydroxylation is 1. The van der Waals surface area contributed by atoms with Crippen molar-refractivity contribution in [1.29, 1.82) is 0 Å². The predicted octanol–water partition coefficient (Wildman–Crippen LogP) is 2.59. The van der Waals surface area contributed by atoms with Crippen LogP contribution in [0.15, 0.2) is 34.5 Å². The number of benzene rings is 1. The molecule has 2 heterocycles. The molecule has 1 aromatic carbocycles. The molecule has 2 aromatic rings. The second-order valence-electron chi connectivity index (χ2n) is 7.09. The standard InChI is InChI=1S/C19H26N4O3S2/c1-2-3-18-21-16(13-27-18)12-23-10-8-14(9-11-23)19(24)22-15-4-6-17(7-5-15)28(20,25)26/h4-7,13-14H,2-3,8-12H2,1H3,(H,22,24)(H2,20,25,26). The second kappa shape index (κ2) is 9.13. The Morgan fingerprint density at radius 2 is 1.96 bits per heavy atom. The molecule has 1 aromatic heterocycles.